The maximum absolute atomic E-state index is 14.0. The molecular weight excluding hydrogens is 345 g/mol. The van der Waals surface area contributed by atoms with Crippen LogP contribution in [0.5, 0.6) is 0 Å². The van der Waals surface area contributed by atoms with Gasteiger partial charge in [-0.05, 0) is 19.1 Å². The number of nitrogens with zero attached hydrogens (tertiary/aromatic N) is 1. The fraction of sp³-hybridized carbons (Fsp3) is 0.471. The van der Waals surface area contributed by atoms with Gasteiger partial charge in [-0.2, -0.15) is 22.0 Å². The summed E-state index contributed by atoms with van der Waals surface area (Å²) in [6.07, 6.45) is -8.91. The lowest BCUT2D eigenvalue weighted by atomic mass is 9.95. The van der Waals surface area contributed by atoms with Crippen LogP contribution in [0, 0.1) is 5.41 Å². The first-order valence-corrected chi connectivity index (χ1v) is 7.51. The topological polar surface area (TPSA) is 35.3 Å². The lowest BCUT2D eigenvalue weighted by Crippen LogP contribution is -2.37. The van der Waals surface area contributed by atoms with Crippen LogP contribution in [-0.4, -0.2) is 11.3 Å². The Morgan fingerprint density at radius 3 is 2.04 bits per heavy atom. The summed E-state index contributed by atoms with van der Waals surface area (Å²) in [7, 11) is 0. The van der Waals surface area contributed by atoms with Crippen molar-refractivity contribution in [2.45, 2.75) is 46.1 Å². The number of ether oxygens (including phenoxy) is 1. The largest absolute Gasteiger partial charge is 0.416 e. The van der Waals surface area contributed by atoms with E-state index in [0.29, 0.717) is 5.56 Å². The van der Waals surface area contributed by atoms with Crippen molar-refractivity contribution in [2.24, 2.45) is 5.41 Å². The Hall–Kier alpha value is -1.96. The quantitative estimate of drug-likeness (QED) is 0.618. The fourth-order valence-electron chi connectivity index (χ4n) is 1.90. The van der Waals surface area contributed by atoms with Crippen LogP contribution in [-0.2, 0) is 10.9 Å². The molecule has 1 heterocycles. The van der Waals surface area contributed by atoms with Crippen molar-refractivity contribution in [2.75, 3.05) is 0 Å². The van der Waals surface area contributed by atoms with Gasteiger partial charge < -0.3 is 9.26 Å². The number of alkyl halides is 5. The number of hydrogen-bond acceptors (Lipinski definition) is 3. The fourth-order valence-corrected chi connectivity index (χ4v) is 1.90. The van der Waals surface area contributed by atoms with Crippen molar-refractivity contribution in [3.63, 3.8) is 0 Å². The zero-order chi connectivity index (χ0) is 19.0. The number of rotatable bonds is 4. The second kappa shape index (κ2) is 6.40. The monoisotopic (exact) mass is 363 g/mol. The molecule has 0 N–H and O–H groups in total. The van der Waals surface area contributed by atoms with Gasteiger partial charge >= 0.3 is 12.3 Å². The molecule has 0 aliphatic heterocycles. The lowest BCUT2D eigenvalue weighted by molar-refractivity contribution is -0.316. The molecule has 0 fully saturated rings. The predicted molar refractivity (Wildman–Crippen MR) is 80.8 cm³/mol. The van der Waals surface area contributed by atoms with E-state index in [4.69, 9.17) is 9.26 Å². The van der Waals surface area contributed by atoms with Crippen LogP contribution in [0.15, 0.2) is 34.9 Å². The summed E-state index contributed by atoms with van der Waals surface area (Å²) in [5.41, 5.74) is -1.59. The van der Waals surface area contributed by atoms with Gasteiger partial charge in [0.15, 0.2) is 5.76 Å². The first kappa shape index (κ1) is 19.4. The molecule has 1 aromatic carbocycles. The van der Waals surface area contributed by atoms with Crippen LogP contribution in [0.25, 0.3) is 11.3 Å². The standard InChI is InChI=1S/C17H18F5NO2/c1-10(24-17(21,22)15(2,3)4)14-9-13(23-25-14)11-5-7-12(8-6-11)16(18,19)20/h5-10H,1-4H3. The summed E-state index contributed by atoms with van der Waals surface area (Å²) in [5.74, 6) is 0.0545. The van der Waals surface area contributed by atoms with E-state index >= 15 is 0 Å². The number of aromatic nitrogens is 1. The zero-order valence-electron chi connectivity index (χ0n) is 14.1. The molecule has 2 aromatic rings. The van der Waals surface area contributed by atoms with Gasteiger partial charge in [-0.15, -0.1) is 0 Å². The summed E-state index contributed by atoms with van der Waals surface area (Å²) < 4.78 is 75.4. The smallest absolute Gasteiger partial charge is 0.358 e. The molecule has 0 amide bonds. The van der Waals surface area contributed by atoms with Crippen LogP contribution in [0.1, 0.15) is 45.1 Å². The molecular formula is C17H18F5NO2. The molecule has 3 nitrogen and oxygen atoms in total. The minimum Gasteiger partial charge on any atom is -0.358 e. The van der Waals surface area contributed by atoms with Crippen molar-refractivity contribution in [1.29, 1.82) is 0 Å². The molecule has 25 heavy (non-hydrogen) atoms. The SMILES string of the molecule is CC(OC(F)(F)C(C)(C)C)c1cc(-c2ccc(C(F)(F)F)cc2)no1. The van der Waals surface area contributed by atoms with E-state index in [1.807, 2.05) is 0 Å². The van der Waals surface area contributed by atoms with E-state index in [1.54, 1.807) is 0 Å². The minimum absolute atomic E-state index is 0.0545. The first-order valence-electron chi connectivity index (χ1n) is 7.51. The molecule has 8 heteroatoms. The maximum Gasteiger partial charge on any atom is 0.416 e. The van der Waals surface area contributed by atoms with Gasteiger partial charge in [0.25, 0.3) is 0 Å². The second-order valence-corrected chi connectivity index (χ2v) is 6.72. The Balaban J connectivity index is 2.17. The van der Waals surface area contributed by atoms with Gasteiger partial charge in [0.05, 0.1) is 11.0 Å². The Bertz CT molecular complexity index is 714. The van der Waals surface area contributed by atoms with Gasteiger partial charge in [0, 0.05) is 11.6 Å². The van der Waals surface area contributed by atoms with E-state index in [0.717, 1.165) is 12.1 Å². The van der Waals surface area contributed by atoms with Crippen molar-refractivity contribution in [3.8, 4) is 11.3 Å². The second-order valence-electron chi connectivity index (χ2n) is 6.72. The highest BCUT2D eigenvalue weighted by Crippen LogP contribution is 2.40. The van der Waals surface area contributed by atoms with Gasteiger partial charge in [0.2, 0.25) is 0 Å². The summed E-state index contributed by atoms with van der Waals surface area (Å²) in [5, 5.41) is 3.71. The number of benzene rings is 1. The average molecular weight is 363 g/mol. The van der Waals surface area contributed by atoms with E-state index < -0.39 is 29.4 Å². The predicted octanol–water partition coefficient (Wildman–Crippen LogP) is 6.08. The van der Waals surface area contributed by atoms with Crippen LogP contribution >= 0.6 is 0 Å². The van der Waals surface area contributed by atoms with E-state index in [1.165, 1.54) is 45.9 Å². The molecule has 0 saturated heterocycles. The molecule has 0 spiro atoms. The first-order chi connectivity index (χ1) is 11.3. The van der Waals surface area contributed by atoms with Crippen LogP contribution in [0.3, 0.4) is 0 Å². The van der Waals surface area contributed by atoms with E-state index in [2.05, 4.69) is 5.16 Å². The van der Waals surface area contributed by atoms with Gasteiger partial charge in [-0.25, -0.2) is 0 Å². The molecule has 1 aromatic heterocycles. The third-order valence-electron chi connectivity index (χ3n) is 3.63. The molecule has 0 aliphatic rings. The van der Waals surface area contributed by atoms with Gasteiger partial charge in [-0.3, -0.25) is 0 Å². The van der Waals surface area contributed by atoms with Crippen molar-refractivity contribution < 1.29 is 31.2 Å². The Labute approximate surface area is 141 Å². The van der Waals surface area contributed by atoms with Crippen LogP contribution in [0.2, 0.25) is 0 Å². The molecule has 0 saturated carbocycles. The van der Waals surface area contributed by atoms with Gasteiger partial charge in [-0.1, -0.05) is 38.1 Å². The zero-order valence-corrected chi connectivity index (χ0v) is 14.1. The molecule has 2 rings (SSSR count). The summed E-state index contributed by atoms with van der Waals surface area (Å²) in [4.78, 5) is 0. The summed E-state index contributed by atoms with van der Waals surface area (Å²) in [6.45, 7) is 5.41. The van der Waals surface area contributed by atoms with Crippen molar-refractivity contribution in [3.05, 3.63) is 41.7 Å². The normalized spacial score (nSPS) is 14.6. The van der Waals surface area contributed by atoms with Gasteiger partial charge in [0.1, 0.15) is 11.8 Å². The molecule has 138 valence electrons. The highest BCUT2D eigenvalue weighted by molar-refractivity contribution is 5.59. The molecule has 1 atom stereocenters. The average Bonchev–Trinajstić information content (AvgIpc) is 2.94. The third-order valence-corrected chi connectivity index (χ3v) is 3.63. The highest BCUT2D eigenvalue weighted by Gasteiger charge is 2.46. The number of hydrogen-bond donors (Lipinski definition) is 0. The molecule has 0 bridgehead atoms. The van der Waals surface area contributed by atoms with Crippen LogP contribution in [0.4, 0.5) is 22.0 Å². The Kier molecular flexibility index (Phi) is 4.96. The third kappa shape index (κ3) is 4.36. The van der Waals surface area contributed by atoms with Crippen molar-refractivity contribution >= 4 is 0 Å². The minimum atomic E-state index is -4.44. The molecule has 1 unspecified atom stereocenters. The van der Waals surface area contributed by atoms with E-state index in [-0.39, 0.29) is 11.5 Å². The van der Waals surface area contributed by atoms with Crippen molar-refractivity contribution in [1.82, 2.24) is 5.16 Å². The maximum atomic E-state index is 14.0. The Morgan fingerprint density at radius 1 is 1.00 bits per heavy atom. The molecule has 0 aliphatic carbocycles. The summed E-state index contributed by atoms with van der Waals surface area (Å²) in [6, 6.07) is 5.67. The molecule has 0 radical (unpaired) electrons. The van der Waals surface area contributed by atoms with Crippen LogP contribution < -0.4 is 0 Å². The number of halogens is 5. The Morgan fingerprint density at radius 2 is 1.56 bits per heavy atom. The highest BCUT2D eigenvalue weighted by atomic mass is 19.4. The lowest BCUT2D eigenvalue weighted by Gasteiger charge is -2.31. The van der Waals surface area contributed by atoms with E-state index in [9.17, 15) is 22.0 Å². The summed E-state index contributed by atoms with van der Waals surface area (Å²) >= 11 is 0.